The lowest BCUT2D eigenvalue weighted by molar-refractivity contribution is 0.301. The van der Waals surface area contributed by atoms with E-state index in [4.69, 9.17) is 5.73 Å². The maximum atomic E-state index is 5.76. The number of anilines is 1. The summed E-state index contributed by atoms with van der Waals surface area (Å²) in [6, 6.07) is 1.97. The van der Waals surface area contributed by atoms with Crippen molar-refractivity contribution in [2.45, 2.75) is 39.7 Å². The molecule has 0 amide bonds. The molecule has 1 aliphatic heterocycles. The van der Waals surface area contributed by atoms with Crippen LogP contribution in [0.4, 0.5) is 5.82 Å². The molecule has 4 nitrogen and oxygen atoms in total. The third kappa shape index (κ3) is 2.27. The van der Waals surface area contributed by atoms with Crippen LogP contribution in [0.5, 0.6) is 0 Å². The molecule has 0 radical (unpaired) electrons. The average molecular weight is 234 g/mol. The zero-order chi connectivity index (χ0) is 12.3. The van der Waals surface area contributed by atoms with Crippen molar-refractivity contribution in [2.75, 3.05) is 18.0 Å². The van der Waals surface area contributed by atoms with Gasteiger partial charge in [-0.3, -0.25) is 0 Å². The summed E-state index contributed by atoms with van der Waals surface area (Å²) in [5.74, 6) is 0.985. The van der Waals surface area contributed by atoms with Crippen LogP contribution in [-0.2, 0) is 6.54 Å². The van der Waals surface area contributed by atoms with Gasteiger partial charge in [0.1, 0.15) is 0 Å². The van der Waals surface area contributed by atoms with E-state index in [-0.39, 0.29) is 0 Å². The second-order valence-corrected chi connectivity index (χ2v) is 4.96. The van der Waals surface area contributed by atoms with Gasteiger partial charge in [0.25, 0.3) is 0 Å². The summed E-state index contributed by atoms with van der Waals surface area (Å²) in [6.07, 6.45) is 5.44. The number of hydrogen-bond acceptors (Lipinski definition) is 4. The number of nitrogens with zero attached hydrogens (tertiary/aromatic N) is 3. The lowest BCUT2D eigenvalue weighted by Gasteiger charge is -2.27. The number of hydrogen-bond donors (Lipinski definition) is 1. The van der Waals surface area contributed by atoms with Gasteiger partial charge in [0.2, 0.25) is 0 Å². The summed E-state index contributed by atoms with van der Waals surface area (Å²) in [6.45, 7) is 7.27. The van der Waals surface area contributed by atoms with Crippen LogP contribution in [-0.4, -0.2) is 23.3 Å². The van der Waals surface area contributed by atoms with Gasteiger partial charge in [0, 0.05) is 25.2 Å². The maximum Gasteiger partial charge on any atom is 0.155 e. The van der Waals surface area contributed by atoms with Gasteiger partial charge >= 0.3 is 0 Å². The van der Waals surface area contributed by atoms with Crippen LogP contribution in [0.3, 0.4) is 0 Å². The standard InChI is InChI=1S/C13H22N4/c1-3-13(4-2)6-8-17(10-13)12-11(9-14)5-7-15-16-12/h5,7H,3-4,6,8-10,14H2,1-2H3. The van der Waals surface area contributed by atoms with Gasteiger partial charge in [-0.05, 0) is 30.7 Å². The van der Waals surface area contributed by atoms with Crippen molar-refractivity contribution in [1.29, 1.82) is 0 Å². The molecule has 0 aliphatic carbocycles. The topological polar surface area (TPSA) is 55.0 Å². The monoisotopic (exact) mass is 234 g/mol. The Morgan fingerprint density at radius 1 is 1.41 bits per heavy atom. The maximum absolute atomic E-state index is 5.76. The quantitative estimate of drug-likeness (QED) is 0.865. The highest BCUT2D eigenvalue weighted by Gasteiger charge is 2.36. The SMILES string of the molecule is CCC1(CC)CCN(c2nnccc2CN)C1. The summed E-state index contributed by atoms with van der Waals surface area (Å²) < 4.78 is 0. The highest BCUT2D eigenvalue weighted by molar-refractivity contribution is 5.46. The first-order valence-electron chi connectivity index (χ1n) is 6.50. The first kappa shape index (κ1) is 12.3. The van der Waals surface area contributed by atoms with E-state index >= 15 is 0 Å². The smallest absolute Gasteiger partial charge is 0.155 e. The molecule has 2 N–H and O–H groups in total. The predicted molar refractivity (Wildman–Crippen MR) is 69.8 cm³/mol. The molecule has 17 heavy (non-hydrogen) atoms. The Morgan fingerprint density at radius 2 is 2.18 bits per heavy atom. The second kappa shape index (κ2) is 5.00. The van der Waals surface area contributed by atoms with E-state index in [0.29, 0.717) is 12.0 Å². The molecule has 1 fully saturated rings. The van der Waals surface area contributed by atoms with E-state index in [1.165, 1.54) is 19.3 Å². The minimum absolute atomic E-state index is 0.462. The molecular weight excluding hydrogens is 212 g/mol. The first-order valence-corrected chi connectivity index (χ1v) is 6.50. The van der Waals surface area contributed by atoms with Crippen LogP contribution in [0.25, 0.3) is 0 Å². The summed E-state index contributed by atoms with van der Waals surface area (Å²) in [5.41, 5.74) is 7.32. The number of rotatable bonds is 4. The summed E-state index contributed by atoms with van der Waals surface area (Å²) in [7, 11) is 0. The Kier molecular flexibility index (Phi) is 3.62. The molecule has 1 aromatic rings. The molecule has 0 atom stereocenters. The molecule has 1 aliphatic rings. The van der Waals surface area contributed by atoms with Crippen molar-refractivity contribution in [3.05, 3.63) is 17.8 Å². The Bertz CT molecular complexity index is 373. The van der Waals surface area contributed by atoms with Crippen LogP contribution in [0, 0.1) is 5.41 Å². The molecule has 0 spiro atoms. The van der Waals surface area contributed by atoms with E-state index < -0.39 is 0 Å². The predicted octanol–water partition coefficient (Wildman–Crippen LogP) is 1.95. The van der Waals surface area contributed by atoms with Gasteiger partial charge in [-0.15, -0.1) is 5.10 Å². The molecule has 0 aromatic carbocycles. The van der Waals surface area contributed by atoms with Gasteiger partial charge < -0.3 is 10.6 Å². The Balaban J connectivity index is 2.20. The lowest BCUT2D eigenvalue weighted by atomic mass is 9.82. The van der Waals surface area contributed by atoms with Gasteiger partial charge in [0.15, 0.2) is 5.82 Å². The normalized spacial score (nSPS) is 18.6. The second-order valence-electron chi connectivity index (χ2n) is 4.96. The molecular formula is C13H22N4. The van der Waals surface area contributed by atoms with E-state index in [0.717, 1.165) is 24.5 Å². The van der Waals surface area contributed by atoms with Crippen molar-refractivity contribution >= 4 is 5.82 Å². The molecule has 1 saturated heterocycles. The van der Waals surface area contributed by atoms with Crippen molar-refractivity contribution in [1.82, 2.24) is 10.2 Å². The number of aromatic nitrogens is 2. The van der Waals surface area contributed by atoms with Crippen LogP contribution >= 0.6 is 0 Å². The molecule has 94 valence electrons. The molecule has 0 unspecified atom stereocenters. The summed E-state index contributed by atoms with van der Waals surface area (Å²) in [5, 5.41) is 8.25. The zero-order valence-corrected chi connectivity index (χ0v) is 10.8. The van der Waals surface area contributed by atoms with Gasteiger partial charge in [-0.2, -0.15) is 5.10 Å². The summed E-state index contributed by atoms with van der Waals surface area (Å²) >= 11 is 0. The van der Waals surface area contributed by atoms with Gasteiger partial charge in [-0.25, -0.2) is 0 Å². The van der Waals surface area contributed by atoms with E-state index in [2.05, 4.69) is 28.9 Å². The van der Waals surface area contributed by atoms with Crippen molar-refractivity contribution in [2.24, 2.45) is 11.1 Å². The lowest BCUT2D eigenvalue weighted by Crippen LogP contribution is -2.28. The van der Waals surface area contributed by atoms with Gasteiger partial charge in [0.05, 0.1) is 6.20 Å². The Hall–Kier alpha value is -1.16. The number of nitrogens with two attached hydrogens (primary N) is 1. The minimum Gasteiger partial charge on any atom is -0.354 e. The molecule has 2 heterocycles. The average Bonchev–Trinajstić information content (AvgIpc) is 2.83. The van der Waals surface area contributed by atoms with E-state index in [1.807, 2.05) is 6.07 Å². The Morgan fingerprint density at radius 3 is 2.76 bits per heavy atom. The van der Waals surface area contributed by atoms with E-state index in [1.54, 1.807) is 6.20 Å². The zero-order valence-electron chi connectivity index (χ0n) is 10.8. The van der Waals surface area contributed by atoms with Crippen LogP contribution in [0.1, 0.15) is 38.7 Å². The largest absolute Gasteiger partial charge is 0.354 e. The van der Waals surface area contributed by atoms with Crippen molar-refractivity contribution < 1.29 is 0 Å². The van der Waals surface area contributed by atoms with E-state index in [9.17, 15) is 0 Å². The fourth-order valence-electron chi connectivity index (χ4n) is 2.72. The molecule has 1 aromatic heterocycles. The molecule has 4 heteroatoms. The fourth-order valence-corrected chi connectivity index (χ4v) is 2.72. The minimum atomic E-state index is 0.462. The highest BCUT2D eigenvalue weighted by atomic mass is 15.3. The van der Waals surface area contributed by atoms with Crippen LogP contribution < -0.4 is 10.6 Å². The fraction of sp³-hybridized carbons (Fsp3) is 0.692. The van der Waals surface area contributed by atoms with Crippen molar-refractivity contribution in [3.8, 4) is 0 Å². The molecule has 2 rings (SSSR count). The van der Waals surface area contributed by atoms with Crippen LogP contribution in [0.15, 0.2) is 12.3 Å². The van der Waals surface area contributed by atoms with Crippen LogP contribution in [0.2, 0.25) is 0 Å². The third-order valence-corrected chi connectivity index (χ3v) is 4.24. The van der Waals surface area contributed by atoms with Gasteiger partial charge in [-0.1, -0.05) is 13.8 Å². The third-order valence-electron chi connectivity index (χ3n) is 4.24. The first-order chi connectivity index (χ1) is 8.24. The van der Waals surface area contributed by atoms with Crippen molar-refractivity contribution in [3.63, 3.8) is 0 Å². The highest BCUT2D eigenvalue weighted by Crippen LogP contribution is 2.38. The summed E-state index contributed by atoms with van der Waals surface area (Å²) in [4.78, 5) is 2.35. The molecule has 0 saturated carbocycles. The molecule has 0 bridgehead atoms. The Labute approximate surface area is 103 Å².